The van der Waals surface area contributed by atoms with Gasteiger partial charge in [0.15, 0.2) is 0 Å². The van der Waals surface area contributed by atoms with Gasteiger partial charge >= 0.3 is 0 Å². The normalized spacial score (nSPS) is 11.9. The third-order valence-corrected chi connectivity index (χ3v) is 5.01. The van der Waals surface area contributed by atoms with Gasteiger partial charge < -0.3 is 5.32 Å². The van der Waals surface area contributed by atoms with Gasteiger partial charge in [0.1, 0.15) is 0 Å². The molecule has 2 N–H and O–H groups in total. The molecule has 4 heteroatoms. The van der Waals surface area contributed by atoms with E-state index in [0.29, 0.717) is 0 Å². The predicted octanol–water partition coefficient (Wildman–Crippen LogP) is 4.63. The molecule has 128 valence electrons. The van der Waals surface area contributed by atoms with Crippen LogP contribution in [-0.2, 0) is 11.2 Å². The lowest BCUT2D eigenvalue weighted by Crippen LogP contribution is -2.31. The Morgan fingerprint density at radius 2 is 1.76 bits per heavy atom. The Morgan fingerprint density at radius 3 is 2.40 bits per heavy atom. The molecule has 2 aromatic carbocycles. The topological polar surface area (TPSA) is 41.1 Å². The van der Waals surface area contributed by atoms with Crippen LogP contribution in [0.1, 0.15) is 29.0 Å². The van der Waals surface area contributed by atoms with Gasteiger partial charge in [0.25, 0.3) is 0 Å². The molecule has 0 aliphatic carbocycles. The van der Waals surface area contributed by atoms with Crippen molar-refractivity contribution in [1.82, 2.24) is 5.32 Å². The van der Waals surface area contributed by atoms with E-state index in [-0.39, 0.29) is 18.5 Å². The fourth-order valence-electron chi connectivity index (χ4n) is 2.71. The first-order valence-electron chi connectivity index (χ1n) is 8.47. The van der Waals surface area contributed by atoms with Crippen LogP contribution >= 0.6 is 11.3 Å². The molecule has 0 unspecified atom stereocenters. The van der Waals surface area contributed by atoms with E-state index >= 15 is 0 Å². The van der Waals surface area contributed by atoms with Crippen LogP contribution in [0.15, 0.2) is 72.1 Å². The van der Waals surface area contributed by atoms with Crippen LogP contribution in [0.2, 0.25) is 0 Å². The summed E-state index contributed by atoms with van der Waals surface area (Å²) in [6.07, 6.45) is 0.995. The molecule has 0 spiro atoms. The fraction of sp³-hybridized carbons (Fsp3) is 0.190. The van der Waals surface area contributed by atoms with E-state index in [1.807, 2.05) is 48.5 Å². The third-order valence-electron chi connectivity index (χ3n) is 4.07. The van der Waals surface area contributed by atoms with Gasteiger partial charge in [-0.1, -0.05) is 55.5 Å². The van der Waals surface area contributed by atoms with Gasteiger partial charge in [0, 0.05) is 10.6 Å². The molecule has 0 bridgehead atoms. The monoisotopic (exact) mass is 350 g/mol. The summed E-state index contributed by atoms with van der Waals surface area (Å²) in [6, 6.07) is 22.3. The van der Waals surface area contributed by atoms with Crippen molar-refractivity contribution in [3.05, 3.63) is 88.1 Å². The van der Waals surface area contributed by atoms with Crippen molar-refractivity contribution >= 4 is 22.9 Å². The van der Waals surface area contributed by atoms with E-state index < -0.39 is 0 Å². The highest BCUT2D eigenvalue weighted by Crippen LogP contribution is 2.25. The summed E-state index contributed by atoms with van der Waals surface area (Å²) in [6.45, 7) is 2.37. The second kappa shape index (κ2) is 8.60. The highest BCUT2D eigenvalue weighted by atomic mass is 32.1. The number of thiophene rings is 1. The summed E-state index contributed by atoms with van der Waals surface area (Å²) in [4.78, 5) is 13.5. The van der Waals surface area contributed by atoms with Crippen molar-refractivity contribution in [1.29, 1.82) is 0 Å². The standard InChI is InChI=1S/C21H22N2OS/c1-2-16-10-12-18(13-11-16)23-20(24)15-22-21(19-9-6-14-25-19)17-7-4-3-5-8-17/h3-14,21-22H,2,15H2,1H3,(H,23,24)/t21-/m0/s1. The number of nitrogens with one attached hydrogen (secondary N) is 2. The van der Waals surface area contributed by atoms with Crippen molar-refractivity contribution in [2.45, 2.75) is 19.4 Å². The Bertz CT molecular complexity index is 783. The summed E-state index contributed by atoms with van der Waals surface area (Å²) in [5, 5.41) is 8.38. The number of carbonyl (C=O) groups is 1. The lowest BCUT2D eigenvalue weighted by Gasteiger charge is -2.18. The largest absolute Gasteiger partial charge is 0.325 e. The molecule has 0 radical (unpaired) electrons. The number of aryl methyl sites for hydroxylation is 1. The molecule has 3 nitrogen and oxygen atoms in total. The van der Waals surface area contributed by atoms with E-state index in [4.69, 9.17) is 0 Å². The quantitative estimate of drug-likeness (QED) is 0.652. The van der Waals surface area contributed by atoms with Crippen molar-refractivity contribution in [2.24, 2.45) is 0 Å². The van der Waals surface area contributed by atoms with Gasteiger partial charge in [0.05, 0.1) is 12.6 Å². The molecule has 0 fully saturated rings. The van der Waals surface area contributed by atoms with E-state index in [1.165, 1.54) is 10.4 Å². The zero-order chi connectivity index (χ0) is 17.5. The number of benzene rings is 2. The van der Waals surface area contributed by atoms with Crippen LogP contribution in [0.3, 0.4) is 0 Å². The Kier molecular flexibility index (Phi) is 5.99. The van der Waals surface area contributed by atoms with Crippen LogP contribution in [-0.4, -0.2) is 12.5 Å². The molecule has 0 aliphatic rings. The SMILES string of the molecule is CCc1ccc(NC(=O)CN[C@@H](c2ccccc2)c2cccs2)cc1. The van der Waals surface area contributed by atoms with Crippen LogP contribution in [0.5, 0.6) is 0 Å². The zero-order valence-electron chi connectivity index (χ0n) is 14.2. The maximum Gasteiger partial charge on any atom is 0.238 e. The summed E-state index contributed by atoms with van der Waals surface area (Å²) in [5.74, 6) is -0.0401. The average Bonchev–Trinajstić information content (AvgIpc) is 3.18. The second-order valence-electron chi connectivity index (χ2n) is 5.84. The van der Waals surface area contributed by atoms with Crippen molar-refractivity contribution in [3.8, 4) is 0 Å². The average molecular weight is 350 g/mol. The number of anilines is 1. The minimum absolute atomic E-state index is 0.0226. The Morgan fingerprint density at radius 1 is 1.00 bits per heavy atom. The van der Waals surface area contributed by atoms with Gasteiger partial charge in [-0.05, 0) is 41.1 Å². The summed E-state index contributed by atoms with van der Waals surface area (Å²) < 4.78 is 0. The molecule has 1 atom stereocenters. The first-order chi connectivity index (χ1) is 12.3. The molecule has 1 amide bonds. The lowest BCUT2D eigenvalue weighted by atomic mass is 10.1. The number of rotatable bonds is 7. The van der Waals surface area contributed by atoms with Crippen LogP contribution < -0.4 is 10.6 Å². The van der Waals surface area contributed by atoms with Gasteiger partial charge in [-0.15, -0.1) is 11.3 Å². The van der Waals surface area contributed by atoms with Gasteiger partial charge in [-0.25, -0.2) is 0 Å². The molecular formula is C21H22N2OS. The minimum atomic E-state index is -0.0401. The van der Waals surface area contributed by atoms with E-state index in [2.05, 4.69) is 41.1 Å². The molecule has 3 aromatic rings. The highest BCUT2D eigenvalue weighted by molar-refractivity contribution is 7.10. The minimum Gasteiger partial charge on any atom is -0.325 e. The second-order valence-corrected chi connectivity index (χ2v) is 6.82. The van der Waals surface area contributed by atoms with Crippen LogP contribution in [0.4, 0.5) is 5.69 Å². The van der Waals surface area contributed by atoms with Crippen LogP contribution in [0, 0.1) is 0 Å². The van der Waals surface area contributed by atoms with Crippen LogP contribution in [0.25, 0.3) is 0 Å². The molecule has 1 aromatic heterocycles. The Labute approximate surface area is 152 Å². The first-order valence-corrected chi connectivity index (χ1v) is 9.34. The van der Waals surface area contributed by atoms with Crippen molar-refractivity contribution < 1.29 is 4.79 Å². The number of hydrogen-bond donors (Lipinski definition) is 2. The van der Waals surface area contributed by atoms with Crippen molar-refractivity contribution in [2.75, 3.05) is 11.9 Å². The van der Waals surface area contributed by atoms with Gasteiger partial charge in [-0.3, -0.25) is 10.1 Å². The predicted molar refractivity (Wildman–Crippen MR) is 105 cm³/mol. The molecule has 25 heavy (non-hydrogen) atoms. The number of carbonyl (C=O) groups excluding carboxylic acids is 1. The molecule has 3 rings (SSSR count). The number of amides is 1. The number of hydrogen-bond acceptors (Lipinski definition) is 3. The first kappa shape index (κ1) is 17.4. The van der Waals surface area contributed by atoms with Gasteiger partial charge in [0.2, 0.25) is 5.91 Å². The Balaban J connectivity index is 1.63. The zero-order valence-corrected chi connectivity index (χ0v) is 15.1. The maximum atomic E-state index is 12.3. The van der Waals surface area contributed by atoms with E-state index in [9.17, 15) is 4.79 Å². The van der Waals surface area contributed by atoms with Gasteiger partial charge in [-0.2, -0.15) is 0 Å². The molecule has 0 aliphatic heterocycles. The van der Waals surface area contributed by atoms with E-state index in [0.717, 1.165) is 17.7 Å². The maximum absolute atomic E-state index is 12.3. The smallest absolute Gasteiger partial charge is 0.238 e. The lowest BCUT2D eigenvalue weighted by molar-refractivity contribution is -0.115. The summed E-state index contributed by atoms with van der Waals surface area (Å²) >= 11 is 1.69. The molecule has 0 saturated heterocycles. The van der Waals surface area contributed by atoms with Crippen molar-refractivity contribution in [3.63, 3.8) is 0 Å². The molecule has 0 saturated carbocycles. The fourth-order valence-corrected chi connectivity index (χ4v) is 3.53. The van der Waals surface area contributed by atoms with E-state index in [1.54, 1.807) is 11.3 Å². The molecule has 1 heterocycles. The summed E-state index contributed by atoms with van der Waals surface area (Å²) in [5.41, 5.74) is 3.25. The third kappa shape index (κ3) is 4.78. The highest BCUT2D eigenvalue weighted by Gasteiger charge is 2.15. The Hall–Kier alpha value is -2.43. The summed E-state index contributed by atoms with van der Waals surface area (Å²) in [7, 11) is 0. The molecular weight excluding hydrogens is 328 g/mol.